The number of para-hydroxylation sites is 1. The Kier molecular flexibility index (Phi) is 9.00. The predicted octanol–water partition coefficient (Wildman–Crippen LogP) is 5.28. The van der Waals surface area contributed by atoms with Gasteiger partial charge in [0.2, 0.25) is 0 Å². The number of hydrogen-bond donors (Lipinski definition) is 3. The van der Waals surface area contributed by atoms with Crippen molar-refractivity contribution in [2.75, 3.05) is 11.9 Å². The van der Waals surface area contributed by atoms with E-state index in [1.807, 2.05) is 26.8 Å². The summed E-state index contributed by atoms with van der Waals surface area (Å²) in [6, 6.07) is 12.2. The molecule has 0 aromatic heterocycles. The number of rotatable bonds is 7. The number of benzene rings is 2. The van der Waals surface area contributed by atoms with Crippen LogP contribution in [-0.4, -0.2) is 29.1 Å². The van der Waals surface area contributed by atoms with E-state index in [4.69, 9.17) is 17.0 Å². The number of thiocarbonyl (C=S) groups is 1. The summed E-state index contributed by atoms with van der Waals surface area (Å²) < 4.78 is 6.51. The zero-order chi connectivity index (χ0) is 23.0. The van der Waals surface area contributed by atoms with Gasteiger partial charge in [0, 0.05) is 10.0 Å². The minimum absolute atomic E-state index is 0.0838. The molecule has 0 saturated carbocycles. The van der Waals surface area contributed by atoms with Crippen molar-refractivity contribution in [1.82, 2.24) is 10.6 Å². The Hall–Kier alpha value is -2.45. The molecule has 2 amide bonds. The van der Waals surface area contributed by atoms with Crippen molar-refractivity contribution in [3.05, 3.63) is 58.1 Å². The van der Waals surface area contributed by atoms with E-state index in [0.29, 0.717) is 29.2 Å². The quantitative estimate of drug-likeness (QED) is 0.352. The van der Waals surface area contributed by atoms with Gasteiger partial charge in [0.1, 0.15) is 5.75 Å². The highest BCUT2D eigenvalue weighted by atomic mass is 79.9. The summed E-state index contributed by atoms with van der Waals surface area (Å²) in [4.78, 5) is 25.4. The van der Waals surface area contributed by atoms with Gasteiger partial charge >= 0.3 is 0 Å². The lowest BCUT2D eigenvalue weighted by Crippen LogP contribution is -2.41. The summed E-state index contributed by atoms with van der Waals surface area (Å²) in [7, 11) is 0. The Labute approximate surface area is 197 Å². The SMILES string of the molecule is CCCCOc1ccc(Br)cc1C(=O)NC(=S)Nc1ccccc1C(=O)NC(C)(C)C. The number of amides is 2. The topological polar surface area (TPSA) is 79.5 Å². The van der Waals surface area contributed by atoms with Gasteiger partial charge in [-0.15, -0.1) is 0 Å². The van der Waals surface area contributed by atoms with Crippen LogP contribution in [0.2, 0.25) is 0 Å². The van der Waals surface area contributed by atoms with Gasteiger partial charge in [-0.3, -0.25) is 14.9 Å². The van der Waals surface area contributed by atoms with E-state index in [1.165, 1.54) is 0 Å². The standard InChI is InChI=1S/C23H28BrN3O3S/c1-5-6-13-30-19-12-11-15(24)14-17(19)20(28)26-22(31)25-18-10-8-7-9-16(18)21(29)27-23(2,3)4/h7-12,14H,5-6,13H2,1-4H3,(H,27,29)(H2,25,26,28,31). The first-order valence-corrected chi connectivity index (χ1v) is 11.3. The molecule has 0 heterocycles. The molecule has 2 aromatic rings. The first kappa shape index (κ1) is 24.8. The number of anilines is 1. The monoisotopic (exact) mass is 505 g/mol. The van der Waals surface area contributed by atoms with Gasteiger partial charge in [0.15, 0.2) is 5.11 Å². The van der Waals surface area contributed by atoms with Gasteiger partial charge in [0.05, 0.1) is 23.4 Å². The average Bonchev–Trinajstić information content (AvgIpc) is 2.68. The van der Waals surface area contributed by atoms with E-state index in [9.17, 15) is 9.59 Å². The molecule has 6 nitrogen and oxygen atoms in total. The van der Waals surface area contributed by atoms with Crippen molar-refractivity contribution in [2.24, 2.45) is 0 Å². The number of nitrogens with one attached hydrogen (secondary N) is 3. The molecule has 8 heteroatoms. The van der Waals surface area contributed by atoms with E-state index in [2.05, 4.69) is 38.8 Å². The van der Waals surface area contributed by atoms with Crippen LogP contribution in [0.5, 0.6) is 5.75 Å². The van der Waals surface area contributed by atoms with E-state index >= 15 is 0 Å². The highest BCUT2D eigenvalue weighted by molar-refractivity contribution is 9.10. The summed E-state index contributed by atoms with van der Waals surface area (Å²) in [5.74, 6) is -0.146. The number of unbranched alkanes of at least 4 members (excludes halogenated alkanes) is 1. The molecular formula is C23H28BrN3O3S. The smallest absolute Gasteiger partial charge is 0.261 e. The summed E-state index contributed by atoms with van der Waals surface area (Å²) in [5.41, 5.74) is 0.921. The van der Waals surface area contributed by atoms with Crippen LogP contribution in [0.3, 0.4) is 0 Å². The zero-order valence-corrected chi connectivity index (χ0v) is 20.6. The summed E-state index contributed by atoms with van der Waals surface area (Å²) >= 11 is 8.71. The van der Waals surface area contributed by atoms with Crippen LogP contribution in [0.25, 0.3) is 0 Å². The maximum Gasteiger partial charge on any atom is 0.261 e. The highest BCUT2D eigenvalue weighted by Crippen LogP contribution is 2.24. The van der Waals surface area contributed by atoms with E-state index < -0.39 is 5.91 Å². The zero-order valence-electron chi connectivity index (χ0n) is 18.2. The van der Waals surface area contributed by atoms with Gasteiger partial charge in [-0.05, 0) is 69.7 Å². The first-order valence-electron chi connectivity index (χ1n) is 10.1. The molecule has 0 bridgehead atoms. The second-order valence-electron chi connectivity index (χ2n) is 8.00. The number of hydrogen-bond acceptors (Lipinski definition) is 4. The molecule has 0 atom stereocenters. The second-order valence-corrected chi connectivity index (χ2v) is 9.32. The average molecular weight is 506 g/mol. The Balaban J connectivity index is 2.13. The minimum Gasteiger partial charge on any atom is -0.493 e. The first-order chi connectivity index (χ1) is 14.6. The molecule has 0 unspecified atom stereocenters. The lowest BCUT2D eigenvalue weighted by molar-refractivity contribution is 0.0919. The molecule has 166 valence electrons. The molecule has 0 aliphatic rings. The lowest BCUT2D eigenvalue weighted by atomic mass is 10.1. The van der Waals surface area contributed by atoms with Crippen LogP contribution in [-0.2, 0) is 0 Å². The number of carbonyl (C=O) groups is 2. The van der Waals surface area contributed by atoms with Crippen molar-refractivity contribution in [3.8, 4) is 5.75 Å². The molecule has 2 aromatic carbocycles. The van der Waals surface area contributed by atoms with Gasteiger partial charge < -0.3 is 15.4 Å². The third-order valence-corrected chi connectivity index (χ3v) is 4.77. The van der Waals surface area contributed by atoms with Crippen molar-refractivity contribution in [1.29, 1.82) is 0 Å². The van der Waals surface area contributed by atoms with Gasteiger partial charge in [-0.25, -0.2) is 0 Å². The van der Waals surface area contributed by atoms with E-state index in [-0.39, 0.29) is 16.6 Å². The molecular weight excluding hydrogens is 478 g/mol. The maximum atomic E-state index is 12.8. The van der Waals surface area contributed by atoms with Crippen LogP contribution >= 0.6 is 28.1 Å². The minimum atomic E-state index is -0.401. The van der Waals surface area contributed by atoms with Crippen molar-refractivity contribution >= 4 is 50.8 Å². The number of carbonyl (C=O) groups excluding carboxylic acids is 2. The second kappa shape index (κ2) is 11.2. The number of ether oxygens (including phenoxy) is 1. The predicted molar refractivity (Wildman–Crippen MR) is 132 cm³/mol. The van der Waals surface area contributed by atoms with Crippen LogP contribution in [0.1, 0.15) is 61.3 Å². The van der Waals surface area contributed by atoms with Gasteiger partial charge in [0.25, 0.3) is 11.8 Å². The van der Waals surface area contributed by atoms with Gasteiger partial charge in [-0.2, -0.15) is 0 Å². The Morgan fingerprint density at radius 1 is 1.06 bits per heavy atom. The van der Waals surface area contributed by atoms with Gasteiger partial charge in [-0.1, -0.05) is 41.4 Å². The van der Waals surface area contributed by atoms with E-state index in [1.54, 1.807) is 36.4 Å². The Bertz CT molecular complexity index is 957. The molecule has 2 rings (SSSR count). The van der Waals surface area contributed by atoms with E-state index in [0.717, 1.165) is 17.3 Å². The fraction of sp³-hybridized carbons (Fsp3) is 0.348. The van der Waals surface area contributed by atoms with Crippen LogP contribution < -0.4 is 20.7 Å². The molecule has 3 N–H and O–H groups in total. The maximum absolute atomic E-state index is 12.8. The largest absolute Gasteiger partial charge is 0.493 e. The van der Waals surface area contributed by atoms with Crippen LogP contribution in [0.4, 0.5) is 5.69 Å². The Morgan fingerprint density at radius 2 is 1.77 bits per heavy atom. The molecule has 0 fully saturated rings. The van der Waals surface area contributed by atoms with Crippen molar-refractivity contribution in [3.63, 3.8) is 0 Å². The fourth-order valence-electron chi connectivity index (χ4n) is 2.65. The van der Waals surface area contributed by atoms with Crippen LogP contribution in [0, 0.1) is 0 Å². The third kappa shape index (κ3) is 7.95. The number of halogens is 1. The molecule has 0 aliphatic carbocycles. The summed E-state index contributed by atoms with van der Waals surface area (Å²) in [6.07, 6.45) is 1.89. The normalized spacial score (nSPS) is 10.9. The van der Waals surface area contributed by atoms with Crippen molar-refractivity contribution in [2.45, 2.75) is 46.1 Å². The Morgan fingerprint density at radius 3 is 2.45 bits per heavy atom. The molecule has 0 radical (unpaired) electrons. The van der Waals surface area contributed by atoms with Crippen LogP contribution in [0.15, 0.2) is 46.9 Å². The summed E-state index contributed by atoms with van der Waals surface area (Å²) in [5, 5.41) is 8.62. The fourth-order valence-corrected chi connectivity index (χ4v) is 3.22. The third-order valence-electron chi connectivity index (χ3n) is 4.08. The molecule has 31 heavy (non-hydrogen) atoms. The molecule has 0 spiro atoms. The molecule has 0 aliphatic heterocycles. The summed E-state index contributed by atoms with van der Waals surface area (Å²) in [6.45, 7) is 8.32. The lowest BCUT2D eigenvalue weighted by Gasteiger charge is -2.22. The van der Waals surface area contributed by atoms with Crippen molar-refractivity contribution < 1.29 is 14.3 Å². The molecule has 0 saturated heterocycles. The highest BCUT2D eigenvalue weighted by Gasteiger charge is 2.19.